The lowest BCUT2D eigenvalue weighted by atomic mass is 9.87. The van der Waals surface area contributed by atoms with Crippen LogP contribution in [0.5, 0.6) is 5.75 Å². The summed E-state index contributed by atoms with van der Waals surface area (Å²) < 4.78 is 5.54. The number of benzene rings is 1. The van der Waals surface area contributed by atoms with E-state index in [9.17, 15) is 4.79 Å². The zero-order valence-corrected chi connectivity index (χ0v) is 12.3. The van der Waals surface area contributed by atoms with Gasteiger partial charge < -0.3 is 10.5 Å². The molecule has 0 amide bonds. The zero-order valence-electron chi connectivity index (χ0n) is 12.3. The number of carbonyl (C=O) groups excluding carboxylic acids is 1. The highest BCUT2D eigenvalue weighted by molar-refractivity contribution is 5.98. The second kappa shape index (κ2) is 7.44. The lowest BCUT2D eigenvalue weighted by Gasteiger charge is -2.20. The molecule has 2 N–H and O–H groups in total. The fourth-order valence-electron chi connectivity index (χ4n) is 2.81. The number of Topliss-reactive ketones (excluding diaryl/α,β-unsaturated/α-hetero) is 1. The third-order valence-corrected chi connectivity index (χ3v) is 4.02. The molecule has 20 heavy (non-hydrogen) atoms. The molecule has 0 heterocycles. The van der Waals surface area contributed by atoms with Crippen molar-refractivity contribution in [1.82, 2.24) is 0 Å². The van der Waals surface area contributed by atoms with Crippen molar-refractivity contribution in [3.8, 4) is 5.75 Å². The Balaban J connectivity index is 2.04. The molecule has 0 radical (unpaired) electrons. The summed E-state index contributed by atoms with van der Waals surface area (Å²) in [5.41, 5.74) is 6.93. The molecule has 2 unspecified atom stereocenters. The molecule has 1 aliphatic rings. The van der Waals surface area contributed by atoms with E-state index in [1.807, 2.05) is 24.3 Å². The van der Waals surface area contributed by atoms with Gasteiger partial charge in [0.25, 0.3) is 0 Å². The van der Waals surface area contributed by atoms with Crippen LogP contribution in [0.3, 0.4) is 0 Å². The quantitative estimate of drug-likeness (QED) is 0.660. The van der Waals surface area contributed by atoms with Crippen LogP contribution in [0.25, 0.3) is 0 Å². The highest BCUT2D eigenvalue weighted by Crippen LogP contribution is 2.26. The van der Waals surface area contributed by atoms with E-state index >= 15 is 0 Å². The predicted octanol–water partition coefficient (Wildman–Crippen LogP) is 3.57. The minimum Gasteiger partial charge on any atom is -0.494 e. The Kier molecular flexibility index (Phi) is 5.60. The fraction of sp³-hybridized carbons (Fsp3) is 0.588. The Hall–Kier alpha value is -1.35. The van der Waals surface area contributed by atoms with E-state index in [4.69, 9.17) is 10.5 Å². The van der Waals surface area contributed by atoms with Gasteiger partial charge in [-0.2, -0.15) is 0 Å². The Morgan fingerprint density at radius 2 is 1.90 bits per heavy atom. The first kappa shape index (κ1) is 15.0. The van der Waals surface area contributed by atoms with Gasteiger partial charge in [-0.15, -0.1) is 0 Å². The van der Waals surface area contributed by atoms with Crippen LogP contribution in [-0.4, -0.2) is 18.4 Å². The van der Waals surface area contributed by atoms with Gasteiger partial charge in [0.05, 0.1) is 6.61 Å². The molecule has 110 valence electrons. The van der Waals surface area contributed by atoms with E-state index in [-0.39, 0.29) is 17.7 Å². The summed E-state index contributed by atoms with van der Waals surface area (Å²) in [4.78, 5) is 12.6. The second-order valence-electron chi connectivity index (χ2n) is 5.65. The normalized spacial score (nSPS) is 23.1. The molecule has 0 aliphatic heterocycles. The van der Waals surface area contributed by atoms with Crippen molar-refractivity contribution in [1.29, 1.82) is 0 Å². The maximum atomic E-state index is 12.6. The van der Waals surface area contributed by atoms with Crippen LogP contribution >= 0.6 is 0 Å². The van der Waals surface area contributed by atoms with Gasteiger partial charge in [-0.1, -0.05) is 26.2 Å². The standard InChI is InChI=1S/C17H25NO2/c1-2-12-20-14-10-8-13(9-11-14)17(19)15-6-4-3-5-7-16(15)18/h8-11,15-16H,2-7,12,18H2,1H3. The summed E-state index contributed by atoms with van der Waals surface area (Å²) in [5.74, 6) is 1.01. The van der Waals surface area contributed by atoms with Crippen molar-refractivity contribution in [3.63, 3.8) is 0 Å². The van der Waals surface area contributed by atoms with Gasteiger partial charge in [-0.3, -0.25) is 4.79 Å². The van der Waals surface area contributed by atoms with E-state index in [0.29, 0.717) is 6.61 Å². The summed E-state index contributed by atoms with van der Waals surface area (Å²) in [6, 6.07) is 7.51. The largest absolute Gasteiger partial charge is 0.494 e. The summed E-state index contributed by atoms with van der Waals surface area (Å²) >= 11 is 0. The molecule has 3 heteroatoms. The topological polar surface area (TPSA) is 52.3 Å². The van der Waals surface area contributed by atoms with Crippen LogP contribution in [0, 0.1) is 5.92 Å². The highest BCUT2D eigenvalue weighted by atomic mass is 16.5. The van der Waals surface area contributed by atoms with Crippen LogP contribution in [-0.2, 0) is 0 Å². The Bertz CT molecular complexity index is 427. The highest BCUT2D eigenvalue weighted by Gasteiger charge is 2.27. The first-order valence-corrected chi connectivity index (χ1v) is 7.75. The van der Waals surface area contributed by atoms with Gasteiger partial charge in [0, 0.05) is 17.5 Å². The van der Waals surface area contributed by atoms with Crippen molar-refractivity contribution in [2.24, 2.45) is 11.7 Å². The molecule has 1 fully saturated rings. The number of ether oxygens (including phenoxy) is 1. The average molecular weight is 275 g/mol. The molecule has 0 aromatic heterocycles. The van der Waals surface area contributed by atoms with Gasteiger partial charge >= 0.3 is 0 Å². The number of hydrogen-bond acceptors (Lipinski definition) is 3. The lowest BCUT2D eigenvalue weighted by molar-refractivity contribution is 0.0894. The van der Waals surface area contributed by atoms with Crippen LogP contribution in [0.4, 0.5) is 0 Å². The second-order valence-corrected chi connectivity index (χ2v) is 5.65. The van der Waals surface area contributed by atoms with Gasteiger partial charge in [-0.25, -0.2) is 0 Å². The van der Waals surface area contributed by atoms with Crippen LogP contribution in [0.2, 0.25) is 0 Å². The molecule has 1 aliphatic carbocycles. The van der Waals surface area contributed by atoms with Crippen LogP contribution in [0.15, 0.2) is 24.3 Å². The van der Waals surface area contributed by atoms with E-state index in [1.165, 1.54) is 6.42 Å². The van der Waals surface area contributed by atoms with Gasteiger partial charge in [-0.05, 0) is 43.5 Å². The number of ketones is 1. The number of nitrogens with two attached hydrogens (primary N) is 1. The van der Waals surface area contributed by atoms with Gasteiger partial charge in [0.1, 0.15) is 5.75 Å². The zero-order chi connectivity index (χ0) is 14.4. The summed E-state index contributed by atoms with van der Waals surface area (Å²) in [6.07, 6.45) is 6.33. The molecule has 3 nitrogen and oxygen atoms in total. The molecule has 1 aromatic carbocycles. The van der Waals surface area contributed by atoms with Crippen LogP contribution < -0.4 is 10.5 Å². The van der Waals surface area contributed by atoms with Crippen molar-refractivity contribution in [2.75, 3.05) is 6.61 Å². The van der Waals surface area contributed by atoms with E-state index in [0.717, 1.165) is 43.4 Å². The molecule has 1 saturated carbocycles. The average Bonchev–Trinajstić information content (AvgIpc) is 2.69. The third-order valence-electron chi connectivity index (χ3n) is 4.02. The maximum Gasteiger partial charge on any atom is 0.167 e. The molecule has 0 saturated heterocycles. The van der Waals surface area contributed by atoms with Gasteiger partial charge in [0.2, 0.25) is 0 Å². The molecule has 0 bridgehead atoms. The lowest BCUT2D eigenvalue weighted by Crippen LogP contribution is -2.34. The smallest absolute Gasteiger partial charge is 0.167 e. The Morgan fingerprint density at radius 1 is 1.20 bits per heavy atom. The van der Waals surface area contributed by atoms with Crippen molar-refractivity contribution in [3.05, 3.63) is 29.8 Å². The minimum atomic E-state index is -0.0140. The summed E-state index contributed by atoms with van der Waals surface area (Å²) in [5, 5.41) is 0. The molecule has 2 rings (SSSR count). The van der Waals surface area contributed by atoms with E-state index < -0.39 is 0 Å². The SMILES string of the molecule is CCCOc1ccc(C(=O)C2CCCCCC2N)cc1. The van der Waals surface area contributed by atoms with Gasteiger partial charge in [0.15, 0.2) is 5.78 Å². The molecular weight excluding hydrogens is 250 g/mol. The Labute approximate surface area is 121 Å². The van der Waals surface area contributed by atoms with E-state index in [1.54, 1.807) is 0 Å². The van der Waals surface area contributed by atoms with Crippen molar-refractivity contribution in [2.45, 2.75) is 51.5 Å². The van der Waals surface area contributed by atoms with Crippen molar-refractivity contribution < 1.29 is 9.53 Å². The third kappa shape index (κ3) is 3.83. The maximum absolute atomic E-state index is 12.6. The fourth-order valence-corrected chi connectivity index (χ4v) is 2.81. The number of carbonyl (C=O) groups is 1. The predicted molar refractivity (Wildman–Crippen MR) is 81.1 cm³/mol. The molecule has 0 spiro atoms. The van der Waals surface area contributed by atoms with Crippen molar-refractivity contribution >= 4 is 5.78 Å². The molecule has 2 atom stereocenters. The minimum absolute atomic E-state index is 0.0140. The van der Waals surface area contributed by atoms with E-state index in [2.05, 4.69) is 6.92 Å². The molecule has 1 aromatic rings. The Morgan fingerprint density at radius 3 is 2.60 bits per heavy atom. The summed E-state index contributed by atoms with van der Waals surface area (Å²) in [7, 11) is 0. The first-order chi connectivity index (χ1) is 9.72. The summed E-state index contributed by atoms with van der Waals surface area (Å²) in [6.45, 7) is 2.78. The monoisotopic (exact) mass is 275 g/mol. The van der Waals surface area contributed by atoms with Crippen LogP contribution in [0.1, 0.15) is 55.8 Å². The number of rotatable bonds is 5. The number of hydrogen-bond donors (Lipinski definition) is 1. The molecular formula is C17H25NO2. The first-order valence-electron chi connectivity index (χ1n) is 7.75.